The zero-order valence-corrected chi connectivity index (χ0v) is 20.6. The summed E-state index contributed by atoms with van der Waals surface area (Å²) < 4.78 is 20.0. The van der Waals surface area contributed by atoms with Crippen LogP contribution in [0.1, 0.15) is 70.6 Å². The molecule has 3 amide bonds. The molecule has 1 aromatic carbocycles. The number of rotatable bonds is 9. The Hall–Kier alpha value is -2.77. The molecule has 2 fully saturated rings. The van der Waals surface area contributed by atoms with Gasteiger partial charge in [0.15, 0.2) is 0 Å². The highest BCUT2D eigenvalue weighted by Gasteiger charge is 2.25. The van der Waals surface area contributed by atoms with Crippen LogP contribution in [0, 0.1) is 11.7 Å². The Morgan fingerprint density at radius 1 is 1.12 bits per heavy atom. The Kier molecular flexibility index (Phi) is 10.0. The monoisotopic (exact) mass is 476 g/mol. The van der Waals surface area contributed by atoms with Gasteiger partial charge in [-0.3, -0.25) is 4.79 Å². The summed E-state index contributed by atoms with van der Waals surface area (Å²) in [6.45, 7) is 6.94. The van der Waals surface area contributed by atoms with Crippen molar-refractivity contribution in [2.45, 2.75) is 58.8 Å². The van der Waals surface area contributed by atoms with Crippen LogP contribution in [0.3, 0.4) is 0 Å². The summed E-state index contributed by atoms with van der Waals surface area (Å²) in [5, 5.41) is 5.99. The number of halogens is 1. The Morgan fingerprint density at radius 3 is 2.53 bits per heavy atom. The lowest BCUT2D eigenvalue weighted by molar-refractivity contribution is 0.0665. The average Bonchev–Trinajstić information content (AvgIpc) is 2.84. The number of allylic oxidation sites excluding steroid dienone is 1. The molecule has 190 valence electrons. The van der Waals surface area contributed by atoms with E-state index < -0.39 is 5.82 Å². The summed E-state index contributed by atoms with van der Waals surface area (Å²) in [5.41, 5.74) is 1.03. The Bertz CT molecular complexity index is 853. The molecule has 3 rings (SSSR count). The molecule has 0 unspecified atom stereocenters. The van der Waals surface area contributed by atoms with E-state index in [1.165, 1.54) is 44.2 Å². The summed E-state index contributed by atoms with van der Waals surface area (Å²) >= 11 is 0. The van der Waals surface area contributed by atoms with Crippen molar-refractivity contribution in [3.8, 4) is 5.75 Å². The van der Waals surface area contributed by atoms with Gasteiger partial charge in [0, 0.05) is 57.7 Å². The minimum atomic E-state index is -0.476. The van der Waals surface area contributed by atoms with Crippen LogP contribution in [-0.4, -0.2) is 61.1 Å². The molecule has 0 atom stereocenters. The number of ether oxygens (including phenoxy) is 1. The smallest absolute Gasteiger partial charge is 0.321 e. The van der Waals surface area contributed by atoms with E-state index in [4.69, 9.17) is 4.74 Å². The van der Waals surface area contributed by atoms with Gasteiger partial charge in [-0.25, -0.2) is 9.18 Å². The van der Waals surface area contributed by atoms with Gasteiger partial charge in [0.05, 0.1) is 6.61 Å². The summed E-state index contributed by atoms with van der Waals surface area (Å²) in [6.07, 6.45) is 10.1. The zero-order valence-electron chi connectivity index (χ0n) is 20.6. The molecule has 1 aliphatic carbocycles. The molecule has 2 N–H and O–H groups in total. The molecule has 1 saturated carbocycles. The lowest BCUT2D eigenvalue weighted by Crippen LogP contribution is -2.53. The lowest BCUT2D eigenvalue weighted by atomic mass is 9.87. The predicted molar refractivity (Wildman–Crippen MR) is 133 cm³/mol. The van der Waals surface area contributed by atoms with Crippen molar-refractivity contribution in [2.24, 2.45) is 5.92 Å². The Balaban J connectivity index is 0.00000432. The number of benzene rings is 1. The molecule has 2 aliphatic rings. The molecule has 0 bridgehead atoms. The topological polar surface area (TPSA) is 73.9 Å². The molecule has 34 heavy (non-hydrogen) atoms. The van der Waals surface area contributed by atoms with E-state index in [1.54, 1.807) is 22.1 Å². The van der Waals surface area contributed by atoms with Crippen molar-refractivity contribution in [2.75, 3.05) is 39.3 Å². The third-order valence-corrected chi connectivity index (χ3v) is 6.51. The minimum absolute atomic E-state index is 0. The molecule has 0 radical (unpaired) electrons. The maximum absolute atomic E-state index is 14.2. The number of carbonyl (C=O) groups is 2. The van der Waals surface area contributed by atoms with E-state index in [-0.39, 0.29) is 18.9 Å². The van der Waals surface area contributed by atoms with Crippen LogP contribution in [0.2, 0.25) is 0 Å². The lowest BCUT2D eigenvalue weighted by Gasteiger charge is -2.34. The average molecular weight is 477 g/mol. The van der Waals surface area contributed by atoms with Crippen molar-refractivity contribution < 1.29 is 20.1 Å². The van der Waals surface area contributed by atoms with Crippen LogP contribution in [0.15, 0.2) is 30.1 Å². The SMILES string of the molecule is CCCN/C=C(\C)NC(=O)N1CCN(C(=O)c2cc(F)cc(OCCC3CCCCC3)c2)CC1.[HH]. The largest absolute Gasteiger partial charge is 0.493 e. The quantitative estimate of drug-likeness (QED) is 0.505. The zero-order chi connectivity index (χ0) is 24.3. The van der Waals surface area contributed by atoms with E-state index in [0.717, 1.165) is 25.1 Å². The fraction of sp³-hybridized carbons (Fsp3) is 0.615. The number of hydrogen-bond donors (Lipinski definition) is 2. The van der Waals surface area contributed by atoms with Crippen LogP contribution in [0.25, 0.3) is 0 Å². The van der Waals surface area contributed by atoms with Crippen molar-refractivity contribution in [3.63, 3.8) is 0 Å². The second-order valence-electron chi connectivity index (χ2n) is 9.31. The molecule has 0 aromatic heterocycles. The highest BCUT2D eigenvalue weighted by molar-refractivity contribution is 5.94. The van der Waals surface area contributed by atoms with E-state index in [2.05, 4.69) is 17.6 Å². The van der Waals surface area contributed by atoms with E-state index in [0.29, 0.717) is 44.5 Å². The highest BCUT2D eigenvalue weighted by atomic mass is 19.1. The van der Waals surface area contributed by atoms with Crippen LogP contribution < -0.4 is 15.4 Å². The first kappa shape index (κ1) is 25.8. The first-order chi connectivity index (χ1) is 16.5. The van der Waals surface area contributed by atoms with Gasteiger partial charge in [-0.05, 0) is 37.8 Å². The Morgan fingerprint density at radius 2 is 1.82 bits per heavy atom. The van der Waals surface area contributed by atoms with Crippen LogP contribution in [-0.2, 0) is 0 Å². The number of amides is 3. The molecule has 1 aromatic rings. The standard InChI is InChI=1S/C26H39FN4O3.H2/c1-3-10-28-19-20(2)29-26(33)31-13-11-30(12-14-31)25(32)22-16-23(27)18-24(17-22)34-15-9-21-7-5-4-6-8-21;/h16-19,21,28H,3-15H2,1-2H3,(H,29,33);1H/b20-19+;. The number of urea groups is 1. The number of carbonyl (C=O) groups excluding carboxylic acids is 2. The van der Waals surface area contributed by atoms with Gasteiger partial charge in [0.2, 0.25) is 0 Å². The molecule has 1 aliphatic heterocycles. The number of nitrogens with zero attached hydrogens (tertiary/aromatic N) is 2. The van der Waals surface area contributed by atoms with Crippen molar-refractivity contribution in [3.05, 3.63) is 41.5 Å². The maximum Gasteiger partial charge on any atom is 0.321 e. The molecular weight excluding hydrogens is 435 g/mol. The molecule has 1 saturated heterocycles. The minimum Gasteiger partial charge on any atom is -0.493 e. The van der Waals surface area contributed by atoms with Gasteiger partial charge in [-0.1, -0.05) is 39.0 Å². The fourth-order valence-electron chi connectivity index (χ4n) is 4.54. The molecule has 8 heteroatoms. The second-order valence-corrected chi connectivity index (χ2v) is 9.31. The third kappa shape index (κ3) is 7.92. The second kappa shape index (κ2) is 13.2. The molecule has 0 spiro atoms. The van der Waals surface area contributed by atoms with Crippen LogP contribution in [0.5, 0.6) is 5.75 Å². The van der Waals surface area contributed by atoms with Gasteiger partial charge in [-0.2, -0.15) is 0 Å². The summed E-state index contributed by atoms with van der Waals surface area (Å²) in [6, 6.07) is 4.04. The van der Waals surface area contributed by atoms with E-state index in [9.17, 15) is 14.0 Å². The van der Waals surface area contributed by atoms with Crippen LogP contribution >= 0.6 is 0 Å². The molecule has 7 nitrogen and oxygen atoms in total. The first-order valence-electron chi connectivity index (χ1n) is 12.6. The number of piperazine rings is 1. The molecular formula is C26H41FN4O3. The normalized spacial score (nSPS) is 17.4. The van der Waals surface area contributed by atoms with Crippen molar-refractivity contribution in [1.29, 1.82) is 0 Å². The number of nitrogens with one attached hydrogen (secondary N) is 2. The summed E-state index contributed by atoms with van der Waals surface area (Å²) in [7, 11) is 0. The summed E-state index contributed by atoms with van der Waals surface area (Å²) in [4.78, 5) is 28.8. The van der Waals surface area contributed by atoms with E-state index >= 15 is 0 Å². The highest BCUT2D eigenvalue weighted by Crippen LogP contribution is 2.27. The predicted octanol–water partition coefficient (Wildman–Crippen LogP) is 4.75. The van der Waals surface area contributed by atoms with Gasteiger partial charge < -0.3 is 25.2 Å². The fourth-order valence-corrected chi connectivity index (χ4v) is 4.54. The van der Waals surface area contributed by atoms with Crippen molar-refractivity contribution >= 4 is 11.9 Å². The van der Waals surface area contributed by atoms with Gasteiger partial charge in [0.1, 0.15) is 11.6 Å². The summed E-state index contributed by atoms with van der Waals surface area (Å²) in [5.74, 6) is 0.368. The van der Waals surface area contributed by atoms with Crippen molar-refractivity contribution in [1.82, 2.24) is 20.4 Å². The van der Waals surface area contributed by atoms with Gasteiger partial charge >= 0.3 is 6.03 Å². The maximum atomic E-state index is 14.2. The first-order valence-corrected chi connectivity index (χ1v) is 12.6. The third-order valence-electron chi connectivity index (χ3n) is 6.51. The van der Waals surface area contributed by atoms with Crippen LogP contribution in [0.4, 0.5) is 9.18 Å². The molecule has 1 heterocycles. The van der Waals surface area contributed by atoms with E-state index in [1.807, 2.05) is 6.92 Å². The Labute approximate surface area is 204 Å². The number of hydrogen-bond acceptors (Lipinski definition) is 4. The van der Waals surface area contributed by atoms with Gasteiger partial charge in [-0.15, -0.1) is 0 Å². The van der Waals surface area contributed by atoms with Gasteiger partial charge in [0.25, 0.3) is 5.91 Å².